The van der Waals surface area contributed by atoms with Gasteiger partial charge in [-0.2, -0.15) is 0 Å². The lowest BCUT2D eigenvalue weighted by molar-refractivity contribution is 0.596. The molecular weight excluding hydrogens is 258 g/mol. The first-order chi connectivity index (χ1) is 8.97. The van der Waals surface area contributed by atoms with Gasteiger partial charge in [-0.25, -0.2) is 13.6 Å². The predicted molar refractivity (Wildman–Crippen MR) is 76.4 cm³/mol. The van der Waals surface area contributed by atoms with E-state index >= 15 is 0 Å². The third kappa shape index (κ3) is 3.66. The molecule has 0 atom stereocenters. The minimum absolute atomic E-state index is 0.224. The highest BCUT2D eigenvalue weighted by atomic mass is 32.2. The van der Waals surface area contributed by atoms with Crippen LogP contribution in [-0.4, -0.2) is 8.42 Å². The molecule has 0 aromatic heterocycles. The number of aryl methyl sites for hydroxylation is 3. The SMILES string of the molecule is Cc1ccc(CCc2ccccc2S(N)(=O)=O)cc1. The van der Waals surface area contributed by atoms with Gasteiger partial charge < -0.3 is 0 Å². The standard InChI is InChI=1S/C15H17NO2S/c1-12-6-8-13(9-7-12)10-11-14-4-2-3-5-15(14)19(16,17)18/h2-9H,10-11H2,1H3,(H2,16,17,18). The number of rotatable bonds is 4. The van der Waals surface area contributed by atoms with E-state index in [0.717, 1.165) is 12.0 Å². The molecule has 0 heterocycles. The molecule has 0 bridgehead atoms. The van der Waals surface area contributed by atoms with Gasteiger partial charge in [-0.15, -0.1) is 0 Å². The highest BCUT2D eigenvalue weighted by molar-refractivity contribution is 7.89. The third-order valence-electron chi connectivity index (χ3n) is 3.08. The molecule has 19 heavy (non-hydrogen) atoms. The molecule has 0 aliphatic carbocycles. The zero-order valence-corrected chi connectivity index (χ0v) is 11.7. The van der Waals surface area contributed by atoms with Crippen LogP contribution in [0.4, 0.5) is 0 Å². The minimum Gasteiger partial charge on any atom is -0.225 e. The quantitative estimate of drug-likeness (QED) is 0.931. The highest BCUT2D eigenvalue weighted by Gasteiger charge is 2.12. The van der Waals surface area contributed by atoms with Crippen LogP contribution in [0.25, 0.3) is 0 Å². The Hall–Kier alpha value is -1.65. The Bertz CT molecular complexity index is 661. The molecule has 0 saturated heterocycles. The second kappa shape index (κ2) is 5.55. The molecule has 0 fully saturated rings. The van der Waals surface area contributed by atoms with Gasteiger partial charge in [0.05, 0.1) is 4.90 Å². The maximum atomic E-state index is 11.5. The Kier molecular flexibility index (Phi) is 4.02. The van der Waals surface area contributed by atoms with Gasteiger partial charge in [0.1, 0.15) is 0 Å². The van der Waals surface area contributed by atoms with Gasteiger partial charge in [0.2, 0.25) is 10.0 Å². The number of nitrogens with two attached hydrogens (primary N) is 1. The van der Waals surface area contributed by atoms with Crippen molar-refractivity contribution in [3.63, 3.8) is 0 Å². The molecule has 2 aromatic rings. The van der Waals surface area contributed by atoms with Crippen LogP contribution in [0.3, 0.4) is 0 Å². The van der Waals surface area contributed by atoms with Crippen molar-refractivity contribution in [2.75, 3.05) is 0 Å². The average molecular weight is 275 g/mol. The van der Waals surface area contributed by atoms with E-state index in [1.54, 1.807) is 12.1 Å². The normalized spacial score (nSPS) is 11.5. The molecule has 2 aromatic carbocycles. The molecule has 0 spiro atoms. The Morgan fingerprint density at radius 2 is 1.58 bits per heavy atom. The fourth-order valence-electron chi connectivity index (χ4n) is 2.02. The summed E-state index contributed by atoms with van der Waals surface area (Å²) in [5.74, 6) is 0. The van der Waals surface area contributed by atoms with Gasteiger partial charge in [0, 0.05) is 0 Å². The van der Waals surface area contributed by atoms with Crippen molar-refractivity contribution in [1.82, 2.24) is 0 Å². The maximum absolute atomic E-state index is 11.5. The molecule has 0 aliphatic heterocycles. The molecule has 100 valence electrons. The van der Waals surface area contributed by atoms with Crippen molar-refractivity contribution in [1.29, 1.82) is 0 Å². The van der Waals surface area contributed by atoms with Gasteiger partial charge in [-0.1, -0.05) is 48.0 Å². The van der Waals surface area contributed by atoms with Crippen molar-refractivity contribution < 1.29 is 8.42 Å². The predicted octanol–water partition coefficient (Wildman–Crippen LogP) is 2.43. The van der Waals surface area contributed by atoms with E-state index in [1.807, 2.05) is 19.1 Å². The van der Waals surface area contributed by atoms with Crippen molar-refractivity contribution in [2.24, 2.45) is 5.14 Å². The van der Waals surface area contributed by atoms with Crippen LogP contribution in [0.2, 0.25) is 0 Å². The summed E-state index contributed by atoms with van der Waals surface area (Å²) < 4.78 is 23.0. The van der Waals surface area contributed by atoms with Crippen molar-refractivity contribution in [3.8, 4) is 0 Å². The second-order valence-corrected chi connectivity index (χ2v) is 6.17. The van der Waals surface area contributed by atoms with Gasteiger partial charge >= 0.3 is 0 Å². The fraction of sp³-hybridized carbons (Fsp3) is 0.200. The van der Waals surface area contributed by atoms with E-state index in [-0.39, 0.29) is 4.90 Å². The number of primary sulfonamides is 1. The summed E-state index contributed by atoms with van der Waals surface area (Å²) in [6.45, 7) is 2.04. The highest BCUT2D eigenvalue weighted by Crippen LogP contribution is 2.16. The molecule has 0 amide bonds. The van der Waals surface area contributed by atoms with Crippen LogP contribution in [0.15, 0.2) is 53.4 Å². The summed E-state index contributed by atoms with van der Waals surface area (Å²) in [5, 5.41) is 5.22. The summed E-state index contributed by atoms with van der Waals surface area (Å²) in [6, 6.07) is 15.1. The molecule has 0 aliphatic rings. The smallest absolute Gasteiger partial charge is 0.225 e. The molecular formula is C15H17NO2S. The van der Waals surface area contributed by atoms with Crippen LogP contribution in [0, 0.1) is 6.92 Å². The van der Waals surface area contributed by atoms with Crippen LogP contribution < -0.4 is 5.14 Å². The minimum atomic E-state index is -3.64. The summed E-state index contributed by atoms with van der Waals surface area (Å²) >= 11 is 0. The summed E-state index contributed by atoms with van der Waals surface area (Å²) in [6.07, 6.45) is 1.46. The van der Waals surface area contributed by atoms with E-state index in [9.17, 15) is 8.42 Å². The van der Waals surface area contributed by atoms with Gasteiger partial charge in [0.15, 0.2) is 0 Å². The number of hydrogen-bond donors (Lipinski definition) is 1. The Morgan fingerprint density at radius 3 is 2.21 bits per heavy atom. The Balaban J connectivity index is 2.18. The van der Waals surface area contributed by atoms with Crippen LogP contribution in [0.5, 0.6) is 0 Å². The van der Waals surface area contributed by atoms with E-state index in [2.05, 4.69) is 24.3 Å². The lowest BCUT2D eigenvalue weighted by Gasteiger charge is -2.07. The number of hydrogen-bond acceptors (Lipinski definition) is 2. The second-order valence-electron chi connectivity index (χ2n) is 4.64. The van der Waals surface area contributed by atoms with E-state index < -0.39 is 10.0 Å². The zero-order valence-electron chi connectivity index (χ0n) is 10.8. The largest absolute Gasteiger partial charge is 0.238 e. The summed E-state index contributed by atoms with van der Waals surface area (Å²) in [7, 11) is -3.64. The zero-order chi connectivity index (χ0) is 13.9. The topological polar surface area (TPSA) is 60.2 Å². The molecule has 3 nitrogen and oxygen atoms in total. The molecule has 0 unspecified atom stereocenters. The third-order valence-corrected chi connectivity index (χ3v) is 4.09. The van der Waals surface area contributed by atoms with Crippen molar-refractivity contribution in [3.05, 3.63) is 65.2 Å². The van der Waals surface area contributed by atoms with E-state index in [1.165, 1.54) is 11.1 Å². The van der Waals surface area contributed by atoms with Gasteiger partial charge in [-0.3, -0.25) is 0 Å². The van der Waals surface area contributed by atoms with Crippen molar-refractivity contribution in [2.45, 2.75) is 24.7 Å². The van der Waals surface area contributed by atoms with E-state index in [0.29, 0.717) is 6.42 Å². The summed E-state index contributed by atoms with van der Waals surface area (Å²) in [5.41, 5.74) is 3.18. The van der Waals surface area contributed by atoms with Gasteiger partial charge in [-0.05, 0) is 37.0 Å². The van der Waals surface area contributed by atoms with Gasteiger partial charge in [0.25, 0.3) is 0 Å². The fourth-order valence-corrected chi connectivity index (χ4v) is 2.83. The average Bonchev–Trinajstić information content (AvgIpc) is 2.37. The molecule has 0 saturated carbocycles. The van der Waals surface area contributed by atoms with E-state index in [4.69, 9.17) is 5.14 Å². The number of benzene rings is 2. The Labute approximate surface area is 114 Å². The monoisotopic (exact) mass is 275 g/mol. The molecule has 2 rings (SSSR count). The Morgan fingerprint density at radius 1 is 0.947 bits per heavy atom. The first-order valence-electron chi connectivity index (χ1n) is 6.13. The van der Waals surface area contributed by atoms with Crippen LogP contribution >= 0.6 is 0 Å². The van der Waals surface area contributed by atoms with Crippen LogP contribution in [-0.2, 0) is 22.9 Å². The molecule has 0 radical (unpaired) electrons. The first kappa shape index (κ1) is 13.8. The van der Waals surface area contributed by atoms with Crippen molar-refractivity contribution >= 4 is 10.0 Å². The molecule has 2 N–H and O–H groups in total. The summed E-state index contributed by atoms with van der Waals surface area (Å²) in [4.78, 5) is 0.224. The number of sulfonamides is 1. The maximum Gasteiger partial charge on any atom is 0.238 e. The lowest BCUT2D eigenvalue weighted by atomic mass is 10.0. The lowest BCUT2D eigenvalue weighted by Crippen LogP contribution is -2.14. The molecule has 4 heteroatoms. The first-order valence-corrected chi connectivity index (χ1v) is 7.68. The van der Waals surface area contributed by atoms with Crippen LogP contribution in [0.1, 0.15) is 16.7 Å².